The maximum Gasteiger partial charge on any atom is 0.295 e. The summed E-state index contributed by atoms with van der Waals surface area (Å²) in [5.74, 6) is -6.69. The van der Waals surface area contributed by atoms with Crippen molar-refractivity contribution in [1.82, 2.24) is 0 Å². The zero-order valence-corrected chi connectivity index (χ0v) is 10.0. The Balaban J connectivity index is 2.79. The first-order valence-electron chi connectivity index (χ1n) is 5.31. The van der Waals surface area contributed by atoms with Crippen LogP contribution in [0.2, 0.25) is 0 Å². The highest BCUT2D eigenvalue weighted by Crippen LogP contribution is 2.38. The highest BCUT2D eigenvalue weighted by molar-refractivity contribution is 6.33. The fraction of sp³-hybridized carbons (Fsp3) is 0.182. The van der Waals surface area contributed by atoms with Crippen LogP contribution in [0.1, 0.15) is 27.6 Å². The molecule has 1 aromatic carbocycles. The Morgan fingerprint density at radius 1 is 1.30 bits per heavy atom. The van der Waals surface area contributed by atoms with E-state index in [1.54, 1.807) is 0 Å². The highest BCUT2D eigenvalue weighted by Gasteiger charge is 2.53. The van der Waals surface area contributed by atoms with Gasteiger partial charge in [-0.3, -0.25) is 24.5 Å². The van der Waals surface area contributed by atoms with Gasteiger partial charge in [0.1, 0.15) is 5.69 Å². The Morgan fingerprint density at radius 2 is 1.90 bits per heavy atom. The normalized spacial score (nSPS) is 15.9. The van der Waals surface area contributed by atoms with Gasteiger partial charge in [-0.15, -0.1) is 0 Å². The SMILES string of the molecule is CC(=O)Nc1c([N+](=O)[O-])ccc2c1C(=O)C(O)(O)C2=O. The quantitative estimate of drug-likeness (QED) is 0.289. The Hall–Kier alpha value is -2.65. The van der Waals surface area contributed by atoms with E-state index in [1.165, 1.54) is 0 Å². The van der Waals surface area contributed by atoms with E-state index in [-0.39, 0.29) is 0 Å². The third-order valence-electron chi connectivity index (χ3n) is 2.79. The lowest BCUT2D eigenvalue weighted by molar-refractivity contribution is -0.383. The van der Waals surface area contributed by atoms with E-state index < -0.39 is 50.7 Å². The molecule has 9 nitrogen and oxygen atoms in total. The minimum absolute atomic E-state index is 0.394. The molecule has 20 heavy (non-hydrogen) atoms. The van der Waals surface area contributed by atoms with Crippen molar-refractivity contribution in [3.63, 3.8) is 0 Å². The largest absolute Gasteiger partial charge is 0.353 e. The van der Waals surface area contributed by atoms with Crippen molar-refractivity contribution >= 4 is 28.8 Å². The van der Waals surface area contributed by atoms with Crippen molar-refractivity contribution in [2.75, 3.05) is 5.32 Å². The van der Waals surface area contributed by atoms with Gasteiger partial charge in [0.05, 0.1) is 10.5 Å². The van der Waals surface area contributed by atoms with Gasteiger partial charge in [0.2, 0.25) is 17.5 Å². The summed E-state index contributed by atoms with van der Waals surface area (Å²) in [5, 5.41) is 31.8. The molecule has 0 aromatic heterocycles. The Labute approximate surface area is 111 Å². The van der Waals surface area contributed by atoms with Crippen molar-refractivity contribution in [2.24, 2.45) is 0 Å². The van der Waals surface area contributed by atoms with Crippen molar-refractivity contribution in [1.29, 1.82) is 0 Å². The first-order chi connectivity index (χ1) is 9.17. The number of amides is 1. The number of benzene rings is 1. The average Bonchev–Trinajstić information content (AvgIpc) is 2.50. The summed E-state index contributed by atoms with van der Waals surface area (Å²) in [6, 6.07) is 1.84. The average molecular weight is 280 g/mol. The van der Waals surface area contributed by atoms with E-state index in [0.717, 1.165) is 19.1 Å². The number of hydrogen-bond donors (Lipinski definition) is 3. The Kier molecular flexibility index (Phi) is 2.88. The molecule has 0 heterocycles. The van der Waals surface area contributed by atoms with Gasteiger partial charge in [0, 0.05) is 18.6 Å². The van der Waals surface area contributed by atoms with Gasteiger partial charge in [0.15, 0.2) is 0 Å². The highest BCUT2D eigenvalue weighted by atomic mass is 16.6. The number of nitro groups is 1. The summed E-state index contributed by atoms with van der Waals surface area (Å²) >= 11 is 0. The number of carbonyl (C=O) groups excluding carboxylic acids is 3. The van der Waals surface area contributed by atoms with Gasteiger partial charge < -0.3 is 15.5 Å². The molecule has 0 aliphatic heterocycles. The van der Waals surface area contributed by atoms with Crippen LogP contribution < -0.4 is 5.32 Å². The van der Waals surface area contributed by atoms with Crippen LogP contribution in [-0.2, 0) is 4.79 Å². The van der Waals surface area contributed by atoms with Crippen LogP contribution >= 0.6 is 0 Å². The van der Waals surface area contributed by atoms with Crippen LogP contribution in [0.4, 0.5) is 11.4 Å². The Morgan fingerprint density at radius 3 is 2.40 bits per heavy atom. The van der Waals surface area contributed by atoms with E-state index in [1.807, 2.05) is 0 Å². The van der Waals surface area contributed by atoms with E-state index in [2.05, 4.69) is 5.32 Å². The molecule has 0 unspecified atom stereocenters. The number of hydrogen-bond acceptors (Lipinski definition) is 7. The van der Waals surface area contributed by atoms with Gasteiger partial charge in [-0.05, 0) is 6.07 Å². The van der Waals surface area contributed by atoms with Gasteiger partial charge >= 0.3 is 0 Å². The number of rotatable bonds is 2. The summed E-state index contributed by atoms with van der Waals surface area (Å²) in [4.78, 5) is 44.6. The molecule has 2 rings (SSSR count). The number of aliphatic hydroxyl groups is 2. The van der Waals surface area contributed by atoms with Crippen molar-refractivity contribution < 1.29 is 29.5 Å². The standard InChI is InChI=1S/C11H8N2O7/c1-4(14)12-8-6(13(19)20)3-2-5-7(8)10(16)11(17,18)9(5)15/h2-3,17-18H,1H3,(H,12,14). The number of Topliss-reactive ketones (excluding diaryl/α,β-unsaturated/α-hetero) is 2. The predicted octanol–water partition coefficient (Wildman–Crippen LogP) is -0.387. The number of nitrogens with zero attached hydrogens (tertiary/aromatic N) is 1. The maximum absolute atomic E-state index is 11.8. The number of nitro benzene ring substituents is 1. The van der Waals surface area contributed by atoms with Crippen LogP contribution in [0.5, 0.6) is 0 Å². The fourth-order valence-corrected chi connectivity index (χ4v) is 1.94. The summed E-state index contributed by atoms with van der Waals surface area (Å²) in [6.07, 6.45) is 0. The molecule has 1 aliphatic carbocycles. The van der Waals surface area contributed by atoms with Crippen molar-refractivity contribution in [3.8, 4) is 0 Å². The summed E-state index contributed by atoms with van der Waals surface area (Å²) in [7, 11) is 0. The van der Waals surface area contributed by atoms with Crippen LogP contribution in [0.15, 0.2) is 12.1 Å². The molecule has 9 heteroatoms. The van der Waals surface area contributed by atoms with Gasteiger partial charge in [-0.25, -0.2) is 0 Å². The smallest absolute Gasteiger partial charge is 0.295 e. The van der Waals surface area contributed by atoms with Crippen LogP contribution in [0, 0.1) is 10.1 Å². The second-order valence-corrected chi connectivity index (χ2v) is 4.15. The zero-order chi connectivity index (χ0) is 15.2. The van der Waals surface area contributed by atoms with E-state index in [0.29, 0.717) is 0 Å². The first kappa shape index (κ1) is 13.8. The number of fused-ring (bicyclic) bond motifs is 1. The third kappa shape index (κ3) is 1.76. The second-order valence-electron chi connectivity index (χ2n) is 4.15. The molecular weight excluding hydrogens is 272 g/mol. The molecule has 1 aliphatic rings. The van der Waals surface area contributed by atoms with Gasteiger partial charge in [-0.2, -0.15) is 0 Å². The summed E-state index contributed by atoms with van der Waals surface area (Å²) in [5.41, 5.74) is -2.13. The number of ketones is 2. The predicted molar refractivity (Wildman–Crippen MR) is 63.2 cm³/mol. The number of anilines is 1. The lowest BCUT2D eigenvalue weighted by Crippen LogP contribution is -2.40. The lowest BCUT2D eigenvalue weighted by Gasteiger charge is -2.10. The topological polar surface area (TPSA) is 147 Å². The monoisotopic (exact) mass is 280 g/mol. The first-order valence-corrected chi connectivity index (χ1v) is 5.31. The van der Waals surface area contributed by atoms with Crippen LogP contribution in [-0.4, -0.2) is 38.4 Å². The fourth-order valence-electron chi connectivity index (χ4n) is 1.94. The molecule has 0 bridgehead atoms. The lowest BCUT2D eigenvalue weighted by atomic mass is 10.1. The third-order valence-corrected chi connectivity index (χ3v) is 2.79. The molecular formula is C11H8N2O7. The summed E-state index contributed by atoms with van der Waals surface area (Å²) < 4.78 is 0. The summed E-state index contributed by atoms with van der Waals surface area (Å²) in [6.45, 7) is 1.05. The van der Waals surface area contributed by atoms with Gasteiger partial charge in [0.25, 0.3) is 11.5 Å². The zero-order valence-electron chi connectivity index (χ0n) is 10.0. The molecule has 104 valence electrons. The second kappa shape index (κ2) is 4.18. The maximum atomic E-state index is 11.8. The molecule has 0 fully saturated rings. The molecule has 0 atom stereocenters. The molecule has 0 spiro atoms. The molecule has 0 radical (unpaired) electrons. The number of nitrogens with one attached hydrogen (secondary N) is 1. The van der Waals surface area contributed by atoms with Gasteiger partial charge in [-0.1, -0.05) is 0 Å². The number of carbonyl (C=O) groups is 3. The molecule has 1 aromatic rings. The Bertz CT molecular complexity index is 678. The van der Waals surface area contributed by atoms with Crippen molar-refractivity contribution in [2.45, 2.75) is 12.7 Å². The van der Waals surface area contributed by atoms with Crippen molar-refractivity contribution in [3.05, 3.63) is 33.4 Å². The van der Waals surface area contributed by atoms with E-state index >= 15 is 0 Å². The minimum atomic E-state index is -3.27. The molecule has 0 saturated carbocycles. The van der Waals surface area contributed by atoms with E-state index in [9.17, 15) is 34.7 Å². The van der Waals surface area contributed by atoms with E-state index in [4.69, 9.17) is 0 Å². The molecule has 1 amide bonds. The van der Waals surface area contributed by atoms with Crippen LogP contribution in [0.25, 0.3) is 0 Å². The molecule has 3 N–H and O–H groups in total. The minimum Gasteiger partial charge on any atom is -0.353 e. The van der Waals surface area contributed by atoms with Crippen LogP contribution in [0.3, 0.4) is 0 Å². The molecule has 0 saturated heterocycles.